The molecule has 4 aromatic carbocycles. The highest BCUT2D eigenvalue weighted by Gasteiger charge is 2.09. The van der Waals surface area contributed by atoms with Crippen LogP contribution in [0.25, 0.3) is 28.5 Å². The molecule has 0 spiro atoms. The summed E-state index contributed by atoms with van der Waals surface area (Å²) in [6.07, 6.45) is 3.19. The van der Waals surface area contributed by atoms with Crippen LogP contribution in [0, 0.1) is 0 Å². The third-order valence-corrected chi connectivity index (χ3v) is 6.95. The van der Waals surface area contributed by atoms with E-state index >= 15 is 0 Å². The standard InChI is InChI=1S/C32H25ClN2O3S/c1-37-30-19-22(9-17-29(30)38-20-23-7-15-27(33)16-8-23)10-18-31(36)35-32-34-28(21-39-32)26-13-11-25(12-14-26)24-5-3-2-4-6-24/h2-19,21H,20H2,1H3,(H,34,35,36)/b18-10+. The molecule has 1 amide bonds. The Bertz CT molecular complexity index is 1580. The van der Waals surface area contributed by atoms with E-state index in [2.05, 4.69) is 34.6 Å². The van der Waals surface area contributed by atoms with Gasteiger partial charge in [-0.3, -0.25) is 10.1 Å². The van der Waals surface area contributed by atoms with Crippen molar-refractivity contribution in [1.82, 2.24) is 4.98 Å². The van der Waals surface area contributed by atoms with Gasteiger partial charge in [-0.05, 0) is 52.6 Å². The number of aromatic nitrogens is 1. The number of hydrogen-bond donors (Lipinski definition) is 1. The first kappa shape index (κ1) is 26.2. The summed E-state index contributed by atoms with van der Waals surface area (Å²) in [5.41, 5.74) is 5.92. The zero-order valence-corrected chi connectivity index (χ0v) is 22.7. The minimum atomic E-state index is -0.266. The third kappa shape index (κ3) is 6.93. The highest BCUT2D eigenvalue weighted by molar-refractivity contribution is 7.14. The molecule has 0 bridgehead atoms. The highest BCUT2D eigenvalue weighted by Crippen LogP contribution is 2.30. The van der Waals surface area contributed by atoms with E-state index in [1.807, 2.05) is 78.2 Å². The van der Waals surface area contributed by atoms with E-state index in [-0.39, 0.29) is 5.91 Å². The molecule has 194 valence electrons. The number of carbonyl (C=O) groups excluding carboxylic acids is 1. The number of methoxy groups -OCH3 is 1. The van der Waals surface area contributed by atoms with Crippen LogP contribution in [0.1, 0.15) is 11.1 Å². The Kier molecular flexibility index (Phi) is 8.36. The van der Waals surface area contributed by atoms with Crippen molar-refractivity contribution >= 4 is 40.1 Å². The van der Waals surface area contributed by atoms with Gasteiger partial charge in [-0.25, -0.2) is 4.98 Å². The summed E-state index contributed by atoms with van der Waals surface area (Å²) in [5.74, 6) is 0.924. The fourth-order valence-corrected chi connectivity index (χ4v) is 4.74. The summed E-state index contributed by atoms with van der Waals surface area (Å²) < 4.78 is 11.4. The number of ether oxygens (including phenoxy) is 2. The summed E-state index contributed by atoms with van der Waals surface area (Å²) in [7, 11) is 1.58. The van der Waals surface area contributed by atoms with Crippen molar-refractivity contribution < 1.29 is 14.3 Å². The Morgan fingerprint density at radius 2 is 1.62 bits per heavy atom. The van der Waals surface area contributed by atoms with Crippen molar-refractivity contribution in [3.8, 4) is 33.9 Å². The SMILES string of the molecule is COc1cc(/C=C/C(=O)Nc2nc(-c3ccc(-c4ccccc4)cc3)cs2)ccc1OCc1ccc(Cl)cc1. The summed E-state index contributed by atoms with van der Waals surface area (Å²) >= 11 is 7.33. The van der Waals surface area contributed by atoms with Gasteiger partial charge in [-0.1, -0.05) is 84.4 Å². The van der Waals surface area contributed by atoms with Crippen LogP contribution >= 0.6 is 22.9 Å². The van der Waals surface area contributed by atoms with E-state index in [0.29, 0.717) is 28.3 Å². The molecule has 7 heteroatoms. The van der Waals surface area contributed by atoms with Gasteiger partial charge in [-0.2, -0.15) is 0 Å². The summed E-state index contributed by atoms with van der Waals surface area (Å²) in [6.45, 7) is 0.387. The molecule has 0 fully saturated rings. The lowest BCUT2D eigenvalue weighted by atomic mass is 10.0. The minimum Gasteiger partial charge on any atom is -0.493 e. The summed E-state index contributed by atoms with van der Waals surface area (Å²) in [4.78, 5) is 17.1. The van der Waals surface area contributed by atoms with Crippen molar-refractivity contribution in [2.75, 3.05) is 12.4 Å². The number of rotatable bonds is 9. The number of anilines is 1. The van der Waals surface area contributed by atoms with Crippen molar-refractivity contribution in [2.45, 2.75) is 6.61 Å². The van der Waals surface area contributed by atoms with E-state index in [1.54, 1.807) is 13.2 Å². The second-order valence-electron chi connectivity index (χ2n) is 8.63. The molecule has 0 saturated heterocycles. The van der Waals surface area contributed by atoms with Gasteiger partial charge in [0.05, 0.1) is 12.8 Å². The van der Waals surface area contributed by atoms with Gasteiger partial charge in [0.1, 0.15) is 6.61 Å². The van der Waals surface area contributed by atoms with Gasteiger partial charge in [-0.15, -0.1) is 11.3 Å². The van der Waals surface area contributed by atoms with Crippen LogP contribution in [0.15, 0.2) is 109 Å². The van der Waals surface area contributed by atoms with Gasteiger partial charge in [0.15, 0.2) is 16.6 Å². The number of hydrogen-bond acceptors (Lipinski definition) is 5. The van der Waals surface area contributed by atoms with Crippen LogP contribution in [0.2, 0.25) is 5.02 Å². The molecule has 0 saturated carbocycles. The maximum atomic E-state index is 12.5. The van der Waals surface area contributed by atoms with Crippen LogP contribution < -0.4 is 14.8 Å². The third-order valence-electron chi connectivity index (χ3n) is 5.94. The zero-order chi connectivity index (χ0) is 27.0. The average molecular weight is 553 g/mol. The van der Waals surface area contributed by atoms with E-state index in [1.165, 1.54) is 23.0 Å². The molecule has 0 aliphatic carbocycles. The van der Waals surface area contributed by atoms with Crippen molar-refractivity contribution in [1.29, 1.82) is 0 Å². The largest absolute Gasteiger partial charge is 0.493 e. The van der Waals surface area contributed by atoms with Gasteiger partial charge >= 0.3 is 0 Å². The Balaban J connectivity index is 1.18. The lowest BCUT2D eigenvalue weighted by Gasteiger charge is -2.11. The molecule has 0 radical (unpaired) electrons. The molecule has 5 aromatic rings. The second-order valence-corrected chi connectivity index (χ2v) is 9.92. The molecule has 5 nitrogen and oxygen atoms in total. The van der Waals surface area contributed by atoms with E-state index in [4.69, 9.17) is 21.1 Å². The average Bonchev–Trinajstić information content (AvgIpc) is 3.45. The van der Waals surface area contributed by atoms with E-state index in [9.17, 15) is 4.79 Å². The topological polar surface area (TPSA) is 60.5 Å². The maximum Gasteiger partial charge on any atom is 0.250 e. The van der Waals surface area contributed by atoms with Crippen molar-refractivity contribution in [3.63, 3.8) is 0 Å². The van der Waals surface area contributed by atoms with Crippen LogP contribution in [0.4, 0.5) is 5.13 Å². The fourth-order valence-electron chi connectivity index (χ4n) is 3.90. The van der Waals surface area contributed by atoms with Crippen LogP contribution in [0.3, 0.4) is 0 Å². The van der Waals surface area contributed by atoms with Gasteiger partial charge in [0.2, 0.25) is 5.91 Å². The Morgan fingerprint density at radius 3 is 2.36 bits per heavy atom. The lowest BCUT2D eigenvalue weighted by Crippen LogP contribution is -2.07. The number of nitrogens with one attached hydrogen (secondary N) is 1. The van der Waals surface area contributed by atoms with Gasteiger partial charge in [0, 0.05) is 22.0 Å². The first-order chi connectivity index (χ1) is 19.1. The normalized spacial score (nSPS) is 10.9. The number of nitrogens with zero attached hydrogens (tertiary/aromatic N) is 1. The number of carbonyl (C=O) groups is 1. The molecule has 1 aromatic heterocycles. The molecular formula is C32H25ClN2O3S. The number of amides is 1. The molecule has 1 N–H and O–H groups in total. The summed E-state index contributed by atoms with van der Waals surface area (Å²) in [6, 6.07) is 31.4. The second kappa shape index (κ2) is 12.4. The molecular weight excluding hydrogens is 528 g/mol. The molecule has 5 rings (SSSR count). The van der Waals surface area contributed by atoms with Gasteiger partial charge < -0.3 is 9.47 Å². The van der Waals surface area contributed by atoms with Crippen LogP contribution in [0.5, 0.6) is 11.5 Å². The Labute approximate surface area is 236 Å². The molecule has 0 aliphatic heterocycles. The summed E-state index contributed by atoms with van der Waals surface area (Å²) in [5, 5.41) is 5.99. The number of halogens is 1. The fraction of sp³-hybridized carbons (Fsp3) is 0.0625. The smallest absolute Gasteiger partial charge is 0.250 e. The quantitative estimate of drug-likeness (QED) is 0.187. The molecule has 0 aliphatic rings. The van der Waals surface area contributed by atoms with E-state index in [0.717, 1.165) is 27.9 Å². The number of benzene rings is 4. The molecule has 0 unspecified atom stereocenters. The van der Waals surface area contributed by atoms with Crippen molar-refractivity contribution in [2.24, 2.45) is 0 Å². The minimum absolute atomic E-state index is 0.266. The highest BCUT2D eigenvalue weighted by atomic mass is 35.5. The predicted octanol–water partition coefficient (Wildman–Crippen LogP) is 8.37. The molecule has 1 heterocycles. The Morgan fingerprint density at radius 1 is 0.897 bits per heavy atom. The van der Waals surface area contributed by atoms with Crippen molar-refractivity contribution in [3.05, 3.63) is 125 Å². The lowest BCUT2D eigenvalue weighted by molar-refractivity contribution is -0.111. The molecule has 39 heavy (non-hydrogen) atoms. The van der Waals surface area contributed by atoms with E-state index < -0.39 is 0 Å². The monoisotopic (exact) mass is 552 g/mol. The predicted molar refractivity (Wildman–Crippen MR) is 159 cm³/mol. The molecule has 0 atom stereocenters. The first-order valence-corrected chi connectivity index (χ1v) is 13.5. The first-order valence-electron chi connectivity index (χ1n) is 12.2. The van der Waals surface area contributed by atoms with Crippen LogP contribution in [-0.4, -0.2) is 18.0 Å². The number of thiazole rings is 1. The maximum absolute atomic E-state index is 12.5. The zero-order valence-electron chi connectivity index (χ0n) is 21.1. The van der Waals surface area contributed by atoms with Gasteiger partial charge in [0.25, 0.3) is 0 Å². The Hall–Kier alpha value is -4.39. The van der Waals surface area contributed by atoms with Crippen LogP contribution in [-0.2, 0) is 11.4 Å².